The third-order valence-corrected chi connectivity index (χ3v) is 7.69. The molecule has 1 aliphatic heterocycles. The van der Waals surface area contributed by atoms with Gasteiger partial charge in [0.05, 0.1) is 6.10 Å². The number of hydrogen-bond acceptors (Lipinski definition) is 4. The van der Waals surface area contributed by atoms with Gasteiger partial charge >= 0.3 is 5.97 Å². The Morgan fingerprint density at radius 3 is 2.81 bits per heavy atom. The van der Waals surface area contributed by atoms with E-state index in [9.17, 15) is 15.0 Å². The molecule has 0 bridgehead atoms. The highest BCUT2D eigenvalue weighted by Crippen LogP contribution is 2.68. The first-order valence-electron chi connectivity index (χ1n) is 9.82. The number of aliphatic hydroxyl groups excluding tert-OH is 1. The predicted octanol–water partition coefficient (Wildman–Crippen LogP) is 2.95. The van der Waals surface area contributed by atoms with Crippen LogP contribution in [-0.2, 0) is 4.79 Å². The second kappa shape index (κ2) is 5.38. The normalized spacial score (nSPS) is 42.3. The number of hydrogen-bond donors (Lipinski definition) is 2. The Morgan fingerprint density at radius 1 is 1.11 bits per heavy atom. The van der Waals surface area contributed by atoms with Crippen molar-refractivity contribution in [2.75, 3.05) is 6.79 Å². The quantitative estimate of drug-likeness (QED) is 0.805. The molecule has 0 aromatic heterocycles. The largest absolute Gasteiger partial charge is 0.481 e. The monoisotopic (exact) mass is 366 g/mol. The molecule has 1 unspecified atom stereocenters. The molecule has 140 valence electrons. The maximum Gasteiger partial charge on any atom is 0.303 e. The van der Waals surface area contributed by atoms with Crippen molar-refractivity contribution >= 4 is 11.5 Å². The highest BCUT2D eigenvalue weighted by Gasteiger charge is 2.63. The van der Waals surface area contributed by atoms with Crippen molar-refractivity contribution in [1.29, 1.82) is 0 Å². The van der Waals surface area contributed by atoms with Crippen LogP contribution in [-0.4, -0.2) is 29.1 Å². The first-order valence-corrected chi connectivity index (χ1v) is 9.82. The molecule has 6 rings (SSSR count). The molecule has 1 aromatic carbocycles. The van der Waals surface area contributed by atoms with Crippen LogP contribution >= 0.6 is 0 Å². The van der Waals surface area contributed by atoms with Crippen LogP contribution in [0, 0.1) is 41.4 Å². The van der Waals surface area contributed by atoms with Gasteiger partial charge < -0.3 is 19.7 Å². The molecular weight excluding hydrogens is 344 g/mol. The van der Waals surface area contributed by atoms with Gasteiger partial charge in [0, 0.05) is 12.3 Å². The summed E-state index contributed by atoms with van der Waals surface area (Å²) in [5.74, 6) is 3.32. The number of ether oxygens (including phenoxy) is 2. The summed E-state index contributed by atoms with van der Waals surface area (Å²) >= 11 is 0. The number of carbonyl (C=O) groups is 1. The molecule has 2 saturated carbocycles. The van der Waals surface area contributed by atoms with Crippen LogP contribution in [0.3, 0.4) is 0 Å². The second-order valence-corrected chi connectivity index (χ2v) is 8.65. The first kappa shape index (κ1) is 15.8. The topological polar surface area (TPSA) is 76.0 Å². The Kier molecular flexibility index (Phi) is 3.14. The molecule has 1 heterocycles. The van der Waals surface area contributed by atoms with Crippen molar-refractivity contribution in [2.45, 2.75) is 18.9 Å². The van der Waals surface area contributed by atoms with E-state index >= 15 is 0 Å². The van der Waals surface area contributed by atoms with Gasteiger partial charge in [-0.3, -0.25) is 4.79 Å². The summed E-state index contributed by atoms with van der Waals surface area (Å²) in [6.07, 6.45) is 7.29. The lowest BCUT2D eigenvalue weighted by atomic mass is 9.50. The van der Waals surface area contributed by atoms with Crippen molar-refractivity contribution in [2.24, 2.45) is 41.4 Å². The number of aliphatic hydroxyl groups is 1. The average molecular weight is 366 g/mol. The van der Waals surface area contributed by atoms with Crippen molar-refractivity contribution in [3.63, 3.8) is 0 Å². The number of allylic oxidation sites excluding steroid dienone is 3. The van der Waals surface area contributed by atoms with Gasteiger partial charge in [-0.15, -0.1) is 0 Å². The third-order valence-electron chi connectivity index (χ3n) is 7.69. The standard InChI is InChI=1S/C22H22O5/c23-17-7-13(10-1-4-18-19(5-10)27-9-26-18)11-2-3-12-14(8-20(24)25)15-6-16(17)22(11)21(12)15/h1-5,7,11-12,14-17,21-23H,6,8-9H2,(H,24,25)/t11-,12+,14+,15+,16?,17+,21+,22-/m0/s1. The molecule has 8 atom stereocenters. The van der Waals surface area contributed by atoms with Crippen LogP contribution in [0.1, 0.15) is 18.4 Å². The van der Waals surface area contributed by atoms with Crippen molar-refractivity contribution in [3.05, 3.63) is 42.0 Å². The average Bonchev–Trinajstić information content (AvgIpc) is 3.26. The molecule has 5 nitrogen and oxygen atoms in total. The minimum Gasteiger partial charge on any atom is -0.481 e. The summed E-state index contributed by atoms with van der Waals surface area (Å²) in [7, 11) is 0. The van der Waals surface area contributed by atoms with Crippen LogP contribution in [0.25, 0.3) is 5.57 Å². The van der Waals surface area contributed by atoms with Gasteiger partial charge in [-0.05, 0) is 65.2 Å². The van der Waals surface area contributed by atoms with Gasteiger partial charge in [0.1, 0.15) is 0 Å². The molecule has 0 spiro atoms. The Bertz CT molecular complexity index is 887. The van der Waals surface area contributed by atoms with Gasteiger partial charge in [-0.25, -0.2) is 0 Å². The fourth-order valence-corrected chi connectivity index (χ4v) is 6.73. The zero-order chi connectivity index (χ0) is 18.3. The lowest BCUT2D eigenvalue weighted by Crippen LogP contribution is -2.50. The minimum absolute atomic E-state index is 0.233. The molecule has 2 fully saturated rings. The van der Waals surface area contributed by atoms with Gasteiger partial charge in [0.25, 0.3) is 0 Å². The zero-order valence-electron chi connectivity index (χ0n) is 14.8. The highest BCUT2D eigenvalue weighted by atomic mass is 16.7. The Balaban J connectivity index is 1.38. The van der Waals surface area contributed by atoms with E-state index < -0.39 is 12.1 Å². The fourth-order valence-electron chi connectivity index (χ4n) is 6.73. The Labute approximate surface area is 157 Å². The molecule has 2 N–H and O–H groups in total. The molecule has 0 radical (unpaired) electrons. The Morgan fingerprint density at radius 2 is 1.96 bits per heavy atom. The Hall–Kier alpha value is -2.27. The molecule has 1 aromatic rings. The maximum atomic E-state index is 11.3. The predicted molar refractivity (Wildman–Crippen MR) is 97.0 cm³/mol. The van der Waals surface area contributed by atoms with E-state index in [-0.39, 0.29) is 31.0 Å². The number of fused-ring (bicyclic) bond motifs is 1. The van der Waals surface area contributed by atoms with Crippen molar-refractivity contribution < 1.29 is 24.5 Å². The summed E-state index contributed by atoms with van der Waals surface area (Å²) in [5, 5.41) is 20.2. The fraction of sp³-hybridized carbons (Fsp3) is 0.500. The van der Waals surface area contributed by atoms with Crippen LogP contribution < -0.4 is 9.47 Å². The number of carboxylic acid groups (broad SMARTS) is 1. The maximum absolute atomic E-state index is 11.3. The first-order chi connectivity index (χ1) is 13.1. The molecule has 27 heavy (non-hydrogen) atoms. The van der Waals surface area contributed by atoms with E-state index in [1.807, 2.05) is 24.3 Å². The van der Waals surface area contributed by atoms with E-state index in [1.165, 1.54) is 5.57 Å². The summed E-state index contributed by atoms with van der Waals surface area (Å²) < 4.78 is 11.0. The van der Waals surface area contributed by atoms with Gasteiger partial charge in [-0.1, -0.05) is 24.3 Å². The zero-order valence-corrected chi connectivity index (χ0v) is 14.8. The van der Waals surface area contributed by atoms with Crippen LogP contribution in [0.4, 0.5) is 0 Å². The SMILES string of the molecule is O=C(O)C[C@@H]1[C@H]2C=C[C@H]3C(c4ccc5c(c4)OCO5)=C[C@@H](O)C4C[C@H]1[C@@H]2[C@H]43. The van der Waals surface area contributed by atoms with Gasteiger partial charge in [0.2, 0.25) is 6.79 Å². The summed E-state index contributed by atoms with van der Waals surface area (Å²) in [6.45, 7) is 0.255. The summed E-state index contributed by atoms with van der Waals surface area (Å²) in [4.78, 5) is 11.3. The van der Waals surface area contributed by atoms with E-state index in [4.69, 9.17) is 9.47 Å². The van der Waals surface area contributed by atoms with E-state index in [0.717, 1.165) is 23.5 Å². The van der Waals surface area contributed by atoms with Crippen molar-refractivity contribution in [3.8, 4) is 11.5 Å². The van der Waals surface area contributed by atoms with Gasteiger partial charge in [-0.2, -0.15) is 0 Å². The third kappa shape index (κ3) is 2.06. The minimum atomic E-state index is -0.705. The van der Waals surface area contributed by atoms with Gasteiger partial charge in [0.15, 0.2) is 11.5 Å². The van der Waals surface area contributed by atoms with Crippen LogP contribution in [0.5, 0.6) is 11.5 Å². The molecule has 0 saturated heterocycles. The highest BCUT2D eigenvalue weighted by molar-refractivity contribution is 5.74. The number of aliphatic carboxylic acids is 1. The van der Waals surface area contributed by atoms with Crippen LogP contribution in [0.15, 0.2) is 36.4 Å². The number of carboxylic acids is 1. The lowest BCUT2D eigenvalue weighted by Gasteiger charge is -2.54. The van der Waals surface area contributed by atoms with Crippen molar-refractivity contribution in [1.82, 2.24) is 0 Å². The number of rotatable bonds is 3. The molecular formula is C22H22O5. The summed E-state index contributed by atoms with van der Waals surface area (Å²) in [6, 6.07) is 6.00. The second-order valence-electron chi connectivity index (χ2n) is 8.65. The molecule has 5 aliphatic rings. The smallest absolute Gasteiger partial charge is 0.303 e. The number of benzene rings is 1. The van der Waals surface area contributed by atoms with E-state index in [2.05, 4.69) is 12.2 Å². The van der Waals surface area contributed by atoms with E-state index in [0.29, 0.717) is 23.7 Å². The molecule has 4 aliphatic carbocycles. The lowest BCUT2D eigenvalue weighted by molar-refractivity contribution is -0.142. The summed E-state index contributed by atoms with van der Waals surface area (Å²) in [5.41, 5.74) is 2.24. The molecule has 0 amide bonds. The molecule has 5 heteroatoms. The van der Waals surface area contributed by atoms with E-state index in [1.54, 1.807) is 0 Å². The van der Waals surface area contributed by atoms with Crippen LogP contribution in [0.2, 0.25) is 0 Å².